The second-order valence-electron chi connectivity index (χ2n) is 15.7. The van der Waals surface area contributed by atoms with Crippen molar-refractivity contribution in [3.8, 4) is 5.75 Å². The summed E-state index contributed by atoms with van der Waals surface area (Å²) in [5, 5.41) is 10.9. The maximum absolute atomic E-state index is 10.7. The molecule has 0 spiro atoms. The van der Waals surface area contributed by atoms with Gasteiger partial charge < -0.3 is 28.2 Å². The predicted octanol–water partition coefficient (Wildman–Crippen LogP) is 8.99. The molecule has 6 nitrogen and oxygen atoms in total. The van der Waals surface area contributed by atoms with Crippen LogP contribution < -0.4 is 4.74 Å². The van der Waals surface area contributed by atoms with E-state index in [0.717, 1.165) is 23.3 Å². The first-order chi connectivity index (χ1) is 20.2. The number of aliphatic hydroxyl groups excluding tert-OH is 1. The summed E-state index contributed by atoms with van der Waals surface area (Å²) >= 11 is 0. The lowest BCUT2D eigenvalue weighted by atomic mass is 9.77. The lowest BCUT2D eigenvalue weighted by molar-refractivity contribution is -0.170. The van der Waals surface area contributed by atoms with Crippen molar-refractivity contribution in [1.82, 2.24) is 0 Å². The van der Waals surface area contributed by atoms with Crippen molar-refractivity contribution in [2.24, 2.45) is 5.41 Å². The molecule has 2 aromatic carbocycles. The van der Waals surface area contributed by atoms with Gasteiger partial charge in [0.1, 0.15) is 11.9 Å². The van der Waals surface area contributed by atoms with Gasteiger partial charge in [-0.3, -0.25) is 0 Å². The van der Waals surface area contributed by atoms with Crippen molar-refractivity contribution in [2.45, 2.75) is 130 Å². The molecule has 0 radical (unpaired) electrons. The molecule has 0 unspecified atom stereocenters. The molecule has 2 rings (SSSR count). The Morgan fingerprint density at radius 1 is 0.705 bits per heavy atom. The second-order valence-corrected chi connectivity index (χ2v) is 25.2. The fourth-order valence-electron chi connectivity index (χ4n) is 4.66. The molecule has 0 aromatic heterocycles. The van der Waals surface area contributed by atoms with Gasteiger partial charge in [0.15, 0.2) is 16.6 Å². The van der Waals surface area contributed by atoms with Gasteiger partial charge in [-0.15, -0.1) is 0 Å². The van der Waals surface area contributed by atoms with Crippen LogP contribution in [0.5, 0.6) is 5.75 Å². The molecule has 3 atom stereocenters. The lowest BCUT2D eigenvalue weighted by Gasteiger charge is -2.48. The summed E-state index contributed by atoms with van der Waals surface area (Å²) in [5.74, 6) is 0.801. The number of aliphatic hydroxyl groups is 1. The topological polar surface area (TPSA) is 66.4 Å². The Morgan fingerprint density at radius 2 is 1.23 bits per heavy atom. The van der Waals surface area contributed by atoms with Crippen molar-refractivity contribution in [2.75, 3.05) is 20.3 Å². The van der Waals surface area contributed by atoms with E-state index in [0.29, 0.717) is 19.8 Å². The Hall–Kier alpha value is -1.53. The van der Waals surface area contributed by atoms with E-state index in [4.69, 9.17) is 23.1 Å². The summed E-state index contributed by atoms with van der Waals surface area (Å²) in [6.45, 7) is 28.4. The number of ether oxygens (including phenoxy) is 3. The molecule has 0 amide bonds. The average Bonchev–Trinajstić information content (AvgIpc) is 2.93. The number of hydrogen-bond donors (Lipinski definition) is 1. The van der Waals surface area contributed by atoms with Crippen molar-refractivity contribution < 1.29 is 28.2 Å². The smallest absolute Gasteiger partial charge is 0.192 e. The fourth-order valence-corrected chi connectivity index (χ4v) is 7.21. The van der Waals surface area contributed by atoms with E-state index in [1.807, 2.05) is 54.6 Å². The van der Waals surface area contributed by atoms with Crippen molar-refractivity contribution >= 4 is 16.6 Å². The number of benzene rings is 2. The van der Waals surface area contributed by atoms with Crippen LogP contribution in [0, 0.1) is 5.41 Å². The highest BCUT2D eigenvalue weighted by atomic mass is 28.4. The van der Waals surface area contributed by atoms with E-state index in [1.54, 1.807) is 7.11 Å². The first-order valence-corrected chi connectivity index (χ1v) is 21.9. The molecule has 0 saturated carbocycles. The van der Waals surface area contributed by atoms with Gasteiger partial charge in [0.05, 0.1) is 39.1 Å². The Bertz CT molecular complexity index is 1100. The van der Waals surface area contributed by atoms with Gasteiger partial charge in [0.25, 0.3) is 0 Å². The fraction of sp³-hybridized carbons (Fsp3) is 0.667. The zero-order valence-electron chi connectivity index (χ0n) is 30.0. The maximum Gasteiger partial charge on any atom is 0.192 e. The van der Waals surface area contributed by atoms with E-state index in [-0.39, 0.29) is 22.8 Å². The van der Waals surface area contributed by atoms with Gasteiger partial charge >= 0.3 is 0 Å². The van der Waals surface area contributed by atoms with Crippen LogP contribution in [-0.2, 0) is 31.5 Å². The Kier molecular flexibility index (Phi) is 13.9. The molecule has 0 saturated heterocycles. The van der Waals surface area contributed by atoms with Crippen molar-refractivity contribution in [3.63, 3.8) is 0 Å². The molecule has 250 valence electrons. The maximum atomic E-state index is 10.7. The highest BCUT2D eigenvalue weighted by Gasteiger charge is 2.48. The predicted molar refractivity (Wildman–Crippen MR) is 187 cm³/mol. The number of rotatable bonds is 17. The lowest BCUT2D eigenvalue weighted by Crippen LogP contribution is -2.55. The molecule has 8 heteroatoms. The minimum Gasteiger partial charge on any atom is -0.497 e. The van der Waals surface area contributed by atoms with Crippen LogP contribution in [0.15, 0.2) is 54.6 Å². The summed E-state index contributed by atoms with van der Waals surface area (Å²) in [7, 11) is -2.47. The number of methoxy groups -OCH3 is 1. The summed E-state index contributed by atoms with van der Waals surface area (Å²) in [5.41, 5.74) is 1.55. The van der Waals surface area contributed by atoms with E-state index in [9.17, 15) is 5.11 Å². The highest BCUT2D eigenvalue weighted by molar-refractivity contribution is 6.74. The van der Waals surface area contributed by atoms with Gasteiger partial charge in [-0.2, -0.15) is 0 Å². The second kappa shape index (κ2) is 15.8. The van der Waals surface area contributed by atoms with Crippen LogP contribution in [0.25, 0.3) is 0 Å². The SMILES string of the molecule is COc1ccc(CO[C@@H]([C@H](CO)OCc2ccccc2)C(C)(C)[C@H](CCO[Si](C)(C)C(C)(C)C)O[Si](C)(C)C(C)(C)C)cc1. The normalized spacial score (nSPS) is 15.6. The van der Waals surface area contributed by atoms with Crippen LogP contribution in [0.1, 0.15) is 72.9 Å². The van der Waals surface area contributed by atoms with Gasteiger partial charge in [-0.25, -0.2) is 0 Å². The third kappa shape index (κ3) is 10.8. The highest BCUT2D eigenvalue weighted by Crippen LogP contribution is 2.44. The van der Waals surface area contributed by atoms with Crippen molar-refractivity contribution in [3.05, 3.63) is 65.7 Å². The summed E-state index contributed by atoms with van der Waals surface area (Å²) in [6, 6.07) is 18.0. The van der Waals surface area contributed by atoms with Crippen LogP contribution in [0.4, 0.5) is 0 Å². The van der Waals surface area contributed by atoms with Crippen LogP contribution >= 0.6 is 0 Å². The molecule has 0 aliphatic rings. The van der Waals surface area contributed by atoms with Crippen LogP contribution in [-0.4, -0.2) is 60.4 Å². The third-order valence-corrected chi connectivity index (χ3v) is 18.9. The van der Waals surface area contributed by atoms with E-state index < -0.39 is 34.3 Å². The third-order valence-electron chi connectivity index (χ3n) is 9.87. The van der Waals surface area contributed by atoms with Gasteiger partial charge in [-0.05, 0) is 65.9 Å². The minimum atomic E-state index is -2.19. The van der Waals surface area contributed by atoms with E-state index in [2.05, 4.69) is 81.6 Å². The zero-order chi connectivity index (χ0) is 33.4. The van der Waals surface area contributed by atoms with Crippen molar-refractivity contribution in [1.29, 1.82) is 0 Å². The van der Waals surface area contributed by atoms with E-state index >= 15 is 0 Å². The molecular formula is C36H62O6Si2. The quantitative estimate of drug-likeness (QED) is 0.173. The average molecular weight is 647 g/mol. The first kappa shape index (κ1) is 38.7. The number of hydrogen-bond acceptors (Lipinski definition) is 6. The van der Waals surface area contributed by atoms with Gasteiger partial charge in [0.2, 0.25) is 0 Å². The molecule has 0 aliphatic carbocycles. The molecule has 2 aromatic rings. The Balaban J connectivity index is 2.46. The zero-order valence-corrected chi connectivity index (χ0v) is 32.0. The Labute approximate surface area is 271 Å². The first-order valence-electron chi connectivity index (χ1n) is 16.1. The minimum absolute atomic E-state index is 0.0290. The van der Waals surface area contributed by atoms with E-state index in [1.165, 1.54) is 0 Å². The molecule has 0 heterocycles. The molecule has 44 heavy (non-hydrogen) atoms. The Morgan fingerprint density at radius 3 is 1.73 bits per heavy atom. The van der Waals surface area contributed by atoms with Gasteiger partial charge in [0, 0.05) is 12.0 Å². The largest absolute Gasteiger partial charge is 0.497 e. The van der Waals surface area contributed by atoms with Crippen LogP contribution in [0.2, 0.25) is 36.3 Å². The summed E-state index contributed by atoms with van der Waals surface area (Å²) in [6.07, 6.45) is -0.467. The molecule has 0 aliphatic heterocycles. The van der Waals surface area contributed by atoms with Crippen LogP contribution in [0.3, 0.4) is 0 Å². The molecule has 0 fully saturated rings. The molecule has 1 N–H and O–H groups in total. The summed E-state index contributed by atoms with van der Waals surface area (Å²) < 4.78 is 32.5. The summed E-state index contributed by atoms with van der Waals surface area (Å²) in [4.78, 5) is 0. The monoisotopic (exact) mass is 646 g/mol. The van der Waals surface area contributed by atoms with Gasteiger partial charge in [-0.1, -0.05) is 97.9 Å². The molecule has 0 bridgehead atoms. The standard InChI is InChI=1S/C36H62O6Si2/c1-34(2,3)43(10,11)41-24-23-32(42-44(12,13)35(4,5)6)36(7,8)33(40-27-29-19-21-30(38-9)22-20-29)31(25-37)39-26-28-17-15-14-16-18-28/h14-22,31-33,37H,23-27H2,1-13H3/t31-,32-,33-/m0/s1. The molecular weight excluding hydrogens is 585 g/mol.